The zero-order chi connectivity index (χ0) is 18.8. The van der Waals surface area contributed by atoms with E-state index in [0.717, 1.165) is 11.3 Å². The zero-order valence-electron chi connectivity index (χ0n) is 15.0. The molecular formula is C18H25N5O3. The maximum Gasteiger partial charge on any atom is 0.408 e. The summed E-state index contributed by atoms with van der Waals surface area (Å²) in [5, 5.41) is 9.30. The molecule has 0 aliphatic carbocycles. The van der Waals surface area contributed by atoms with Crippen molar-refractivity contribution in [2.75, 3.05) is 0 Å². The van der Waals surface area contributed by atoms with Crippen LogP contribution in [0, 0.1) is 5.92 Å². The second kappa shape index (κ2) is 10.2. The Kier molecular flexibility index (Phi) is 7.63. The minimum absolute atomic E-state index is 0.153. The predicted octanol–water partition coefficient (Wildman–Crippen LogP) is 1.87. The average Bonchev–Trinajstić information content (AvgIpc) is 3.13. The molecule has 4 N–H and O–H groups in total. The highest BCUT2D eigenvalue weighted by Crippen LogP contribution is 2.06. The molecule has 1 heterocycles. The molecular weight excluding hydrogens is 334 g/mol. The van der Waals surface area contributed by atoms with Crippen LogP contribution in [0.4, 0.5) is 4.79 Å². The molecule has 1 aromatic carbocycles. The Labute approximate surface area is 152 Å². The third kappa shape index (κ3) is 6.94. The highest BCUT2D eigenvalue weighted by Gasteiger charge is 2.22. The molecule has 140 valence electrons. The van der Waals surface area contributed by atoms with Gasteiger partial charge < -0.3 is 10.1 Å². The van der Waals surface area contributed by atoms with E-state index < -0.39 is 12.1 Å². The van der Waals surface area contributed by atoms with E-state index in [1.165, 1.54) is 0 Å². The van der Waals surface area contributed by atoms with E-state index in [1.807, 2.05) is 44.2 Å². The quantitative estimate of drug-likeness (QED) is 0.511. The SMILES string of the molecule is CC(C)C[C@H](NC(=O)OCc1ccccc1)C(=O)NNCc1cc[nH]n1. The second-order valence-corrected chi connectivity index (χ2v) is 6.30. The van der Waals surface area contributed by atoms with Crippen LogP contribution in [0.5, 0.6) is 0 Å². The smallest absolute Gasteiger partial charge is 0.408 e. The highest BCUT2D eigenvalue weighted by atomic mass is 16.5. The molecule has 0 spiro atoms. The van der Waals surface area contributed by atoms with Gasteiger partial charge in [-0.15, -0.1) is 0 Å². The standard InChI is InChI=1S/C18H25N5O3/c1-13(2)10-16(17(24)23-20-11-15-8-9-19-22-15)21-18(25)26-12-14-6-4-3-5-7-14/h3-9,13,16,20H,10-12H2,1-2H3,(H,19,22)(H,21,25)(H,23,24)/t16-/m0/s1. The highest BCUT2D eigenvalue weighted by molar-refractivity contribution is 5.85. The molecule has 8 nitrogen and oxygen atoms in total. The van der Waals surface area contributed by atoms with Gasteiger partial charge in [-0.2, -0.15) is 5.10 Å². The van der Waals surface area contributed by atoms with Crippen LogP contribution >= 0.6 is 0 Å². The van der Waals surface area contributed by atoms with Crippen LogP contribution in [0.25, 0.3) is 0 Å². The van der Waals surface area contributed by atoms with Gasteiger partial charge in [0.25, 0.3) is 5.91 Å². The summed E-state index contributed by atoms with van der Waals surface area (Å²) < 4.78 is 5.19. The molecule has 2 rings (SSSR count). The Morgan fingerprint density at radius 2 is 1.96 bits per heavy atom. The first kappa shape index (κ1) is 19.5. The molecule has 8 heteroatoms. The summed E-state index contributed by atoms with van der Waals surface area (Å²) in [4.78, 5) is 24.4. The lowest BCUT2D eigenvalue weighted by Crippen LogP contribution is -2.51. The number of ether oxygens (including phenoxy) is 1. The molecule has 26 heavy (non-hydrogen) atoms. The number of aromatic amines is 1. The van der Waals surface area contributed by atoms with Crippen molar-refractivity contribution in [3.63, 3.8) is 0 Å². The summed E-state index contributed by atoms with van der Waals surface area (Å²) in [7, 11) is 0. The van der Waals surface area contributed by atoms with Gasteiger partial charge in [-0.3, -0.25) is 15.3 Å². The minimum Gasteiger partial charge on any atom is -0.445 e. The van der Waals surface area contributed by atoms with Gasteiger partial charge in [0.2, 0.25) is 0 Å². The number of carbonyl (C=O) groups excluding carboxylic acids is 2. The van der Waals surface area contributed by atoms with Crippen LogP contribution in [-0.2, 0) is 22.7 Å². The molecule has 0 fully saturated rings. The van der Waals surface area contributed by atoms with Gasteiger partial charge in [-0.05, 0) is 24.0 Å². The van der Waals surface area contributed by atoms with Crippen molar-refractivity contribution in [2.45, 2.75) is 39.5 Å². The molecule has 0 aliphatic rings. The molecule has 0 bridgehead atoms. The molecule has 0 saturated carbocycles. The monoisotopic (exact) mass is 359 g/mol. The normalized spacial score (nSPS) is 11.8. The van der Waals surface area contributed by atoms with E-state index in [2.05, 4.69) is 26.4 Å². The predicted molar refractivity (Wildman–Crippen MR) is 96.6 cm³/mol. The van der Waals surface area contributed by atoms with Gasteiger partial charge in [0.15, 0.2) is 0 Å². The Morgan fingerprint density at radius 3 is 2.62 bits per heavy atom. The molecule has 0 aliphatic heterocycles. The second-order valence-electron chi connectivity index (χ2n) is 6.30. The molecule has 2 amide bonds. The summed E-state index contributed by atoms with van der Waals surface area (Å²) in [6.07, 6.45) is 1.57. The van der Waals surface area contributed by atoms with Gasteiger partial charge in [0.1, 0.15) is 12.6 Å². The largest absolute Gasteiger partial charge is 0.445 e. The topological polar surface area (TPSA) is 108 Å². The fourth-order valence-electron chi connectivity index (χ4n) is 2.31. The van der Waals surface area contributed by atoms with E-state index in [0.29, 0.717) is 13.0 Å². The lowest BCUT2D eigenvalue weighted by molar-refractivity contribution is -0.124. The van der Waals surface area contributed by atoms with Crippen LogP contribution in [0.2, 0.25) is 0 Å². The van der Waals surface area contributed by atoms with Crippen molar-refractivity contribution in [3.8, 4) is 0 Å². The molecule has 1 atom stereocenters. The Hall–Kier alpha value is -2.87. The summed E-state index contributed by atoms with van der Waals surface area (Å²) in [6, 6.07) is 10.5. The van der Waals surface area contributed by atoms with Crippen molar-refractivity contribution in [1.82, 2.24) is 26.4 Å². The number of alkyl carbamates (subject to hydrolysis) is 1. The van der Waals surface area contributed by atoms with Gasteiger partial charge in [0.05, 0.1) is 12.2 Å². The number of aromatic nitrogens is 2. The summed E-state index contributed by atoms with van der Waals surface area (Å²) in [5.41, 5.74) is 7.04. The number of hydrogen-bond acceptors (Lipinski definition) is 5. The van der Waals surface area contributed by atoms with Crippen molar-refractivity contribution >= 4 is 12.0 Å². The van der Waals surface area contributed by atoms with E-state index in [1.54, 1.807) is 12.3 Å². The first-order chi connectivity index (χ1) is 12.5. The fourth-order valence-corrected chi connectivity index (χ4v) is 2.31. The maximum atomic E-state index is 12.3. The number of benzene rings is 1. The van der Waals surface area contributed by atoms with E-state index in [-0.39, 0.29) is 18.4 Å². The number of nitrogens with zero attached hydrogens (tertiary/aromatic N) is 1. The average molecular weight is 359 g/mol. The Balaban J connectivity index is 1.80. The number of H-pyrrole nitrogens is 1. The first-order valence-corrected chi connectivity index (χ1v) is 8.53. The summed E-state index contributed by atoms with van der Waals surface area (Å²) >= 11 is 0. The molecule has 2 aromatic rings. The Bertz CT molecular complexity index is 673. The zero-order valence-corrected chi connectivity index (χ0v) is 15.0. The number of carbonyl (C=O) groups is 2. The van der Waals surface area contributed by atoms with Crippen LogP contribution in [0.3, 0.4) is 0 Å². The maximum absolute atomic E-state index is 12.3. The van der Waals surface area contributed by atoms with Crippen LogP contribution in [-0.4, -0.2) is 28.2 Å². The van der Waals surface area contributed by atoms with Crippen LogP contribution < -0.4 is 16.2 Å². The van der Waals surface area contributed by atoms with E-state index in [9.17, 15) is 9.59 Å². The number of amides is 2. The van der Waals surface area contributed by atoms with Gasteiger partial charge >= 0.3 is 6.09 Å². The third-order valence-electron chi connectivity index (χ3n) is 3.57. The number of hydrazine groups is 1. The molecule has 1 aromatic heterocycles. The van der Waals surface area contributed by atoms with Crippen molar-refractivity contribution in [1.29, 1.82) is 0 Å². The molecule has 0 saturated heterocycles. The van der Waals surface area contributed by atoms with Gasteiger partial charge in [-0.25, -0.2) is 10.2 Å². The van der Waals surface area contributed by atoms with Crippen molar-refractivity contribution < 1.29 is 14.3 Å². The summed E-state index contributed by atoms with van der Waals surface area (Å²) in [6.45, 7) is 4.49. The lowest BCUT2D eigenvalue weighted by Gasteiger charge is -2.20. The molecule has 0 unspecified atom stereocenters. The third-order valence-corrected chi connectivity index (χ3v) is 3.57. The number of hydrogen-bond donors (Lipinski definition) is 4. The number of nitrogens with one attached hydrogen (secondary N) is 4. The number of rotatable bonds is 9. The summed E-state index contributed by atoms with van der Waals surface area (Å²) in [5.74, 6) is -0.0996. The first-order valence-electron chi connectivity index (χ1n) is 8.53. The van der Waals surface area contributed by atoms with Gasteiger partial charge in [-0.1, -0.05) is 44.2 Å². The van der Waals surface area contributed by atoms with E-state index in [4.69, 9.17) is 4.74 Å². The molecule has 0 radical (unpaired) electrons. The van der Waals surface area contributed by atoms with Gasteiger partial charge in [0, 0.05) is 6.20 Å². The minimum atomic E-state index is -0.690. The lowest BCUT2D eigenvalue weighted by atomic mass is 10.0. The van der Waals surface area contributed by atoms with Crippen LogP contribution in [0.15, 0.2) is 42.6 Å². The van der Waals surface area contributed by atoms with Crippen molar-refractivity contribution in [3.05, 3.63) is 53.9 Å². The van der Waals surface area contributed by atoms with E-state index >= 15 is 0 Å². The van der Waals surface area contributed by atoms with Crippen LogP contribution in [0.1, 0.15) is 31.5 Å². The van der Waals surface area contributed by atoms with Crippen molar-refractivity contribution in [2.24, 2.45) is 5.92 Å². The Morgan fingerprint density at radius 1 is 1.19 bits per heavy atom. The fraction of sp³-hybridized carbons (Fsp3) is 0.389.